The van der Waals surface area contributed by atoms with E-state index < -0.39 is 17.8 Å². The second-order valence-electron chi connectivity index (χ2n) is 5.32. The van der Waals surface area contributed by atoms with Crippen LogP contribution < -0.4 is 5.32 Å². The third kappa shape index (κ3) is 2.63. The topological polar surface area (TPSA) is 79.3 Å². The molecule has 2 fully saturated rings. The van der Waals surface area contributed by atoms with E-state index in [-0.39, 0.29) is 5.91 Å². The zero-order valence-corrected chi connectivity index (χ0v) is 11.3. The fourth-order valence-electron chi connectivity index (χ4n) is 2.68. The summed E-state index contributed by atoms with van der Waals surface area (Å²) in [5.74, 6) is -1.44. The van der Waals surface area contributed by atoms with Gasteiger partial charge in [-0.25, -0.2) is 4.98 Å². The highest BCUT2D eigenvalue weighted by Gasteiger charge is 2.38. The van der Waals surface area contributed by atoms with E-state index in [4.69, 9.17) is 5.11 Å². The summed E-state index contributed by atoms with van der Waals surface area (Å²) in [5, 5.41) is 14.5. The van der Waals surface area contributed by atoms with Crippen molar-refractivity contribution >= 4 is 28.3 Å². The third-order valence-electron chi connectivity index (χ3n) is 3.92. The summed E-state index contributed by atoms with van der Waals surface area (Å²) < 4.78 is 0. The van der Waals surface area contributed by atoms with Crippen LogP contribution in [0.3, 0.4) is 0 Å². The first kappa shape index (κ1) is 12.6. The number of carboxylic acids is 1. The van der Waals surface area contributed by atoms with E-state index in [9.17, 15) is 9.59 Å². The number of hydrogen-bond donors (Lipinski definition) is 2. The van der Waals surface area contributed by atoms with Gasteiger partial charge in [0.15, 0.2) is 5.13 Å². The summed E-state index contributed by atoms with van der Waals surface area (Å²) in [7, 11) is 0. The van der Waals surface area contributed by atoms with Gasteiger partial charge in [-0.3, -0.25) is 9.59 Å². The number of anilines is 1. The molecule has 1 aromatic heterocycles. The van der Waals surface area contributed by atoms with Crippen molar-refractivity contribution < 1.29 is 14.7 Å². The van der Waals surface area contributed by atoms with Crippen molar-refractivity contribution in [1.29, 1.82) is 0 Å². The Morgan fingerprint density at radius 3 is 2.68 bits per heavy atom. The van der Waals surface area contributed by atoms with Crippen LogP contribution in [0.2, 0.25) is 0 Å². The molecule has 6 heteroatoms. The Bertz CT molecular complexity index is 510. The maximum absolute atomic E-state index is 12.1. The van der Waals surface area contributed by atoms with Gasteiger partial charge in [-0.15, -0.1) is 11.3 Å². The van der Waals surface area contributed by atoms with Gasteiger partial charge in [-0.1, -0.05) is 6.42 Å². The van der Waals surface area contributed by atoms with Crippen LogP contribution >= 0.6 is 11.3 Å². The second kappa shape index (κ2) is 4.92. The minimum absolute atomic E-state index is 0.193. The van der Waals surface area contributed by atoms with E-state index >= 15 is 0 Å². The monoisotopic (exact) mass is 280 g/mol. The number of hydrogen-bond acceptors (Lipinski definition) is 4. The van der Waals surface area contributed by atoms with Crippen LogP contribution in [0, 0.1) is 11.8 Å². The number of nitrogens with one attached hydrogen (secondary N) is 1. The van der Waals surface area contributed by atoms with Gasteiger partial charge in [0.05, 0.1) is 17.5 Å². The maximum Gasteiger partial charge on any atom is 0.307 e. The molecule has 2 N–H and O–H groups in total. The van der Waals surface area contributed by atoms with Gasteiger partial charge >= 0.3 is 5.97 Å². The lowest BCUT2D eigenvalue weighted by Crippen LogP contribution is -2.29. The van der Waals surface area contributed by atoms with E-state index in [0.717, 1.165) is 12.1 Å². The van der Waals surface area contributed by atoms with Crippen molar-refractivity contribution in [2.24, 2.45) is 11.8 Å². The highest BCUT2D eigenvalue weighted by molar-refractivity contribution is 7.13. The van der Waals surface area contributed by atoms with Crippen molar-refractivity contribution in [3.8, 4) is 0 Å². The Hall–Kier alpha value is -1.43. The van der Waals surface area contributed by atoms with Crippen LogP contribution in [0.4, 0.5) is 5.13 Å². The minimum atomic E-state index is -0.865. The first-order valence-electron chi connectivity index (χ1n) is 6.64. The molecule has 2 unspecified atom stereocenters. The van der Waals surface area contributed by atoms with E-state index in [0.29, 0.717) is 23.9 Å². The van der Waals surface area contributed by atoms with Crippen LogP contribution in [0.15, 0.2) is 5.38 Å². The van der Waals surface area contributed by atoms with E-state index in [1.165, 1.54) is 24.2 Å². The predicted octanol–water partition coefficient (Wildman–Crippen LogP) is 2.46. The van der Waals surface area contributed by atoms with Gasteiger partial charge in [-0.2, -0.15) is 0 Å². The van der Waals surface area contributed by atoms with Crippen LogP contribution in [-0.2, 0) is 9.59 Å². The molecular weight excluding hydrogens is 264 g/mol. The quantitative estimate of drug-likeness (QED) is 0.888. The number of nitrogens with zero attached hydrogens (tertiary/aromatic N) is 1. The molecule has 1 amide bonds. The largest absolute Gasteiger partial charge is 0.481 e. The molecule has 2 aliphatic rings. The van der Waals surface area contributed by atoms with Gasteiger partial charge in [0, 0.05) is 11.3 Å². The lowest BCUT2D eigenvalue weighted by atomic mass is 9.95. The van der Waals surface area contributed by atoms with Crippen LogP contribution in [0.1, 0.15) is 43.7 Å². The number of aliphatic carboxylic acids is 1. The number of thiazole rings is 1. The molecule has 0 aliphatic heterocycles. The number of carbonyl (C=O) groups is 2. The first-order chi connectivity index (χ1) is 9.15. The molecule has 2 aliphatic carbocycles. The van der Waals surface area contributed by atoms with Crippen LogP contribution in [0.25, 0.3) is 0 Å². The number of carbonyl (C=O) groups excluding carboxylic acids is 1. The molecule has 19 heavy (non-hydrogen) atoms. The number of amides is 1. The molecule has 0 bridgehead atoms. The van der Waals surface area contributed by atoms with Gasteiger partial charge in [0.25, 0.3) is 0 Å². The third-order valence-corrected chi connectivity index (χ3v) is 4.69. The lowest BCUT2D eigenvalue weighted by molar-refractivity contribution is -0.145. The fourth-order valence-corrected chi connectivity index (χ4v) is 3.47. The molecule has 3 rings (SSSR count). The number of aromatic nitrogens is 1. The van der Waals surface area contributed by atoms with Crippen molar-refractivity contribution in [3.63, 3.8) is 0 Å². The normalized spacial score (nSPS) is 26.3. The highest BCUT2D eigenvalue weighted by atomic mass is 32.1. The molecule has 102 valence electrons. The zero-order chi connectivity index (χ0) is 13.4. The summed E-state index contributed by atoms with van der Waals surface area (Å²) in [4.78, 5) is 27.6. The summed E-state index contributed by atoms with van der Waals surface area (Å²) >= 11 is 1.42. The Balaban J connectivity index is 1.64. The van der Waals surface area contributed by atoms with Crippen molar-refractivity contribution in [2.75, 3.05) is 5.32 Å². The van der Waals surface area contributed by atoms with Crippen molar-refractivity contribution in [3.05, 3.63) is 11.1 Å². The second-order valence-corrected chi connectivity index (χ2v) is 6.18. The van der Waals surface area contributed by atoms with Gasteiger partial charge in [0.2, 0.25) is 5.91 Å². The Kier molecular flexibility index (Phi) is 3.26. The molecule has 5 nitrogen and oxygen atoms in total. The van der Waals surface area contributed by atoms with Crippen molar-refractivity contribution in [2.45, 2.75) is 38.0 Å². The van der Waals surface area contributed by atoms with Gasteiger partial charge < -0.3 is 10.4 Å². The maximum atomic E-state index is 12.1. The first-order valence-corrected chi connectivity index (χ1v) is 7.52. The SMILES string of the molecule is O=C(O)C1CCCC1C(=O)Nc1nc(C2CC2)cs1. The van der Waals surface area contributed by atoms with E-state index in [2.05, 4.69) is 10.3 Å². The summed E-state index contributed by atoms with van der Waals surface area (Å²) in [6.45, 7) is 0. The highest BCUT2D eigenvalue weighted by Crippen LogP contribution is 2.41. The molecule has 1 heterocycles. The van der Waals surface area contributed by atoms with E-state index in [1.807, 2.05) is 5.38 Å². The average molecular weight is 280 g/mol. The zero-order valence-electron chi connectivity index (χ0n) is 10.5. The minimum Gasteiger partial charge on any atom is -0.481 e. The van der Waals surface area contributed by atoms with Gasteiger partial charge in [-0.05, 0) is 25.7 Å². The van der Waals surface area contributed by atoms with Gasteiger partial charge in [0.1, 0.15) is 0 Å². The smallest absolute Gasteiger partial charge is 0.307 e. The molecule has 0 saturated heterocycles. The van der Waals surface area contributed by atoms with E-state index in [1.54, 1.807) is 0 Å². The fraction of sp³-hybridized carbons (Fsp3) is 0.615. The predicted molar refractivity (Wildman–Crippen MR) is 71.2 cm³/mol. The summed E-state index contributed by atoms with van der Waals surface area (Å²) in [6.07, 6.45) is 4.42. The number of rotatable bonds is 4. The molecule has 0 radical (unpaired) electrons. The Morgan fingerprint density at radius 2 is 2.00 bits per heavy atom. The average Bonchev–Trinajstić information content (AvgIpc) is 2.92. The standard InChI is InChI=1S/C13H16N2O3S/c16-11(8-2-1-3-9(8)12(17)18)15-13-14-10(6-19-13)7-4-5-7/h6-9H,1-5H2,(H,17,18)(H,14,15,16). The van der Waals surface area contributed by atoms with Crippen LogP contribution in [0.5, 0.6) is 0 Å². The van der Waals surface area contributed by atoms with Crippen LogP contribution in [-0.4, -0.2) is 22.0 Å². The Morgan fingerprint density at radius 1 is 1.26 bits per heavy atom. The Labute approximate surface area is 115 Å². The van der Waals surface area contributed by atoms with Crippen molar-refractivity contribution in [1.82, 2.24) is 4.98 Å². The molecular formula is C13H16N2O3S. The lowest BCUT2D eigenvalue weighted by Gasteiger charge is -2.14. The summed E-state index contributed by atoms with van der Waals surface area (Å²) in [6, 6.07) is 0. The molecule has 1 aromatic rings. The summed E-state index contributed by atoms with van der Waals surface area (Å²) in [5.41, 5.74) is 1.06. The molecule has 2 saturated carbocycles. The molecule has 2 atom stereocenters. The molecule has 0 aromatic carbocycles. The number of carboxylic acid groups (broad SMARTS) is 1. The molecule has 0 spiro atoms.